The Balaban J connectivity index is 1.45. The standard InChI is InChI=1S/C30H39N7/c1-20-8-10-23-11-9-21(2)31-14-16-35(4)30-19-28(32-24-12-13-24)33-29-18-26(34-37(29)30)27-7-5-6-15-36(27)22(3)25(23)17-20/h8,10,17-19,24,27,31H,2-3,5-7,9,11-16H2,1,4H3,(H,32,33). The quantitative estimate of drug-likeness (QED) is 0.501. The minimum absolute atomic E-state index is 0.193. The van der Waals surface area contributed by atoms with Gasteiger partial charge >= 0.3 is 0 Å². The van der Waals surface area contributed by atoms with Gasteiger partial charge in [-0.1, -0.05) is 30.9 Å². The number of hydrogen-bond acceptors (Lipinski definition) is 6. The van der Waals surface area contributed by atoms with E-state index in [1.807, 2.05) is 4.52 Å². The fourth-order valence-electron chi connectivity index (χ4n) is 5.70. The van der Waals surface area contributed by atoms with Gasteiger partial charge in [-0.05, 0) is 63.5 Å². The Labute approximate surface area is 220 Å². The highest BCUT2D eigenvalue weighted by Gasteiger charge is 2.30. The molecule has 3 aliphatic rings. The van der Waals surface area contributed by atoms with E-state index in [4.69, 9.17) is 10.1 Å². The molecule has 4 heterocycles. The van der Waals surface area contributed by atoms with Gasteiger partial charge in [0.1, 0.15) is 11.6 Å². The smallest absolute Gasteiger partial charge is 0.160 e. The number of aryl methyl sites for hydroxylation is 2. The van der Waals surface area contributed by atoms with Crippen LogP contribution in [-0.2, 0) is 6.42 Å². The van der Waals surface area contributed by atoms with E-state index in [9.17, 15) is 0 Å². The first-order valence-electron chi connectivity index (χ1n) is 13.8. The van der Waals surface area contributed by atoms with Gasteiger partial charge in [-0.15, -0.1) is 0 Å². The molecule has 2 fully saturated rings. The highest BCUT2D eigenvalue weighted by Crippen LogP contribution is 2.38. The lowest BCUT2D eigenvalue weighted by Crippen LogP contribution is -2.33. The molecule has 37 heavy (non-hydrogen) atoms. The summed E-state index contributed by atoms with van der Waals surface area (Å²) in [7, 11) is 2.14. The maximum absolute atomic E-state index is 5.18. The number of hydrogen-bond donors (Lipinski definition) is 2. The Morgan fingerprint density at radius 1 is 1.03 bits per heavy atom. The number of nitrogens with zero attached hydrogens (tertiary/aromatic N) is 5. The van der Waals surface area contributed by atoms with Crippen LogP contribution in [-0.4, -0.2) is 52.2 Å². The van der Waals surface area contributed by atoms with Crippen molar-refractivity contribution < 1.29 is 0 Å². The predicted octanol–water partition coefficient (Wildman–Crippen LogP) is 5.30. The number of rotatable bonds is 2. The minimum atomic E-state index is 0.193. The molecule has 1 aromatic carbocycles. The van der Waals surface area contributed by atoms with Crippen molar-refractivity contribution in [2.24, 2.45) is 0 Å². The van der Waals surface area contributed by atoms with Crippen LogP contribution in [0.3, 0.4) is 0 Å². The predicted molar refractivity (Wildman–Crippen MR) is 152 cm³/mol. The van der Waals surface area contributed by atoms with Crippen LogP contribution in [0, 0.1) is 6.92 Å². The van der Waals surface area contributed by atoms with E-state index in [2.05, 4.69) is 77.9 Å². The molecule has 0 spiro atoms. The van der Waals surface area contributed by atoms with Crippen LogP contribution in [0.25, 0.3) is 11.3 Å². The second kappa shape index (κ2) is 9.77. The third kappa shape index (κ3) is 4.91. The van der Waals surface area contributed by atoms with Gasteiger partial charge in [0, 0.05) is 61.8 Å². The number of anilines is 2. The van der Waals surface area contributed by atoms with Crippen molar-refractivity contribution in [2.45, 2.75) is 64.0 Å². The maximum Gasteiger partial charge on any atom is 0.160 e. The normalized spacial score (nSPS) is 21.1. The van der Waals surface area contributed by atoms with Crippen LogP contribution in [0.5, 0.6) is 0 Å². The molecule has 1 saturated heterocycles. The summed E-state index contributed by atoms with van der Waals surface area (Å²) in [6, 6.07) is 11.9. The number of piperidine rings is 1. The van der Waals surface area contributed by atoms with E-state index in [1.165, 1.54) is 42.4 Å². The maximum atomic E-state index is 5.18. The molecule has 7 nitrogen and oxygen atoms in total. The second-order valence-electron chi connectivity index (χ2n) is 11.0. The summed E-state index contributed by atoms with van der Waals surface area (Å²) in [5.74, 6) is 1.99. The zero-order valence-electron chi connectivity index (χ0n) is 22.3. The first kappa shape index (κ1) is 23.9. The topological polar surface area (TPSA) is 60.7 Å². The van der Waals surface area contributed by atoms with E-state index in [0.29, 0.717) is 6.04 Å². The fourth-order valence-corrected chi connectivity index (χ4v) is 5.70. The summed E-state index contributed by atoms with van der Waals surface area (Å²) in [6.07, 6.45) is 7.73. The van der Waals surface area contributed by atoms with Crippen molar-refractivity contribution in [3.63, 3.8) is 0 Å². The Hall–Kier alpha value is -3.48. The first-order chi connectivity index (χ1) is 18.0. The summed E-state index contributed by atoms with van der Waals surface area (Å²) in [4.78, 5) is 9.74. The van der Waals surface area contributed by atoms with E-state index in [1.54, 1.807) is 0 Å². The van der Waals surface area contributed by atoms with Crippen LogP contribution < -0.4 is 15.5 Å². The molecule has 0 amide bonds. The number of fused-ring (bicyclic) bond motifs is 4. The van der Waals surface area contributed by atoms with Crippen LogP contribution in [0.15, 0.2) is 49.2 Å². The Morgan fingerprint density at radius 3 is 2.73 bits per heavy atom. The largest absolute Gasteiger partial charge is 0.387 e. The zero-order chi connectivity index (χ0) is 25.5. The molecule has 1 atom stereocenters. The highest BCUT2D eigenvalue weighted by atomic mass is 15.4. The number of likely N-dealkylation sites (N-methyl/N-ethyl adjacent to an activating group) is 1. The average Bonchev–Trinajstić information content (AvgIpc) is 3.61. The number of nitrogens with one attached hydrogen (secondary N) is 2. The van der Waals surface area contributed by atoms with Crippen molar-refractivity contribution in [1.29, 1.82) is 0 Å². The minimum Gasteiger partial charge on any atom is -0.387 e. The van der Waals surface area contributed by atoms with Gasteiger partial charge < -0.3 is 20.4 Å². The molecule has 2 aliphatic heterocycles. The molecule has 2 N–H and O–H groups in total. The SMILES string of the molecule is C=C1CCc2ccc(C)cc2C(=C)N2CCCCC2c2cc3nc(NC4CC4)cc(n3n2)N(C)CCN1. The average molecular weight is 498 g/mol. The van der Waals surface area contributed by atoms with Gasteiger partial charge in [0.25, 0.3) is 0 Å². The number of allylic oxidation sites excluding steroid dienone is 1. The fraction of sp³-hybridized carbons (Fsp3) is 0.467. The van der Waals surface area contributed by atoms with Gasteiger partial charge in [0.15, 0.2) is 5.65 Å². The van der Waals surface area contributed by atoms with E-state index < -0.39 is 0 Å². The third-order valence-electron chi connectivity index (χ3n) is 8.03. The first-order valence-corrected chi connectivity index (χ1v) is 13.8. The molecule has 6 rings (SSSR count). The zero-order valence-corrected chi connectivity index (χ0v) is 22.3. The summed E-state index contributed by atoms with van der Waals surface area (Å²) in [6.45, 7) is 13.8. The second-order valence-corrected chi connectivity index (χ2v) is 11.0. The molecule has 1 unspecified atom stereocenters. The van der Waals surface area contributed by atoms with Crippen molar-refractivity contribution in [2.75, 3.05) is 36.9 Å². The number of benzene rings is 1. The third-order valence-corrected chi connectivity index (χ3v) is 8.03. The molecular weight excluding hydrogens is 458 g/mol. The molecule has 194 valence electrons. The number of aromatic nitrogens is 3. The van der Waals surface area contributed by atoms with Crippen LogP contribution in [0.4, 0.5) is 11.6 Å². The summed E-state index contributed by atoms with van der Waals surface area (Å²) in [5.41, 5.74) is 8.02. The lowest BCUT2D eigenvalue weighted by Gasteiger charge is -2.38. The van der Waals surface area contributed by atoms with Gasteiger partial charge in [-0.2, -0.15) is 9.61 Å². The molecule has 2 aromatic heterocycles. The Bertz CT molecular complexity index is 1340. The lowest BCUT2D eigenvalue weighted by atomic mass is 9.93. The summed E-state index contributed by atoms with van der Waals surface area (Å²) >= 11 is 0. The van der Waals surface area contributed by atoms with Crippen LogP contribution in [0.1, 0.15) is 67.0 Å². The van der Waals surface area contributed by atoms with E-state index in [0.717, 1.165) is 73.3 Å². The molecule has 1 aliphatic carbocycles. The van der Waals surface area contributed by atoms with Crippen LogP contribution in [0.2, 0.25) is 0 Å². The molecule has 7 heteroatoms. The summed E-state index contributed by atoms with van der Waals surface area (Å²) in [5, 5.41) is 12.3. The molecule has 1 saturated carbocycles. The van der Waals surface area contributed by atoms with Crippen molar-refractivity contribution in [1.82, 2.24) is 24.8 Å². The van der Waals surface area contributed by atoms with E-state index >= 15 is 0 Å². The molecule has 0 radical (unpaired) electrons. The highest BCUT2D eigenvalue weighted by molar-refractivity contribution is 5.67. The molecule has 2 bridgehead atoms. The lowest BCUT2D eigenvalue weighted by molar-refractivity contribution is 0.226. The van der Waals surface area contributed by atoms with Crippen molar-refractivity contribution in [3.8, 4) is 0 Å². The monoisotopic (exact) mass is 497 g/mol. The molecular formula is C30H39N7. The van der Waals surface area contributed by atoms with Crippen molar-refractivity contribution >= 4 is 23.0 Å². The molecule has 3 aromatic rings. The van der Waals surface area contributed by atoms with Gasteiger partial charge in [-0.3, -0.25) is 0 Å². The Morgan fingerprint density at radius 2 is 1.89 bits per heavy atom. The van der Waals surface area contributed by atoms with Crippen LogP contribution >= 0.6 is 0 Å². The van der Waals surface area contributed by atoms with Crippen molar-refractivity contribution in [3.05, 3.63) is 71.6 Å². The van der Waals surface area contributed by atoms with Gasteiger partial charge in [0.05, 0.1) is 11.7 Å². The Kier molecular flexibility index (Phi) is 6.31. The van der Waals surface area contributed by atoms with Gasteiger partial charge in [-0.25, -0.2) is 4.98 Å². The summed E-state index contributed by atoms with van der Waals surface area (Å²) < 4.78 is 2.03. The van der Waals surface area contributed by atoms with E-state index in [-0.39, 0.29) is 6.04 Å². The van der Waals surface area contributed by atoms with Gasteiger partial charge in [0.2, 0.25) is 0 Å².